The lowest BCUT2D eigenvalue weighted by atomic mass is 10.3. The van der Waals surface area contributed by atoms with E-state index in [-0.39, 0.29) is 11.4 Å². The molecule has 0 aromatic carbocycles. The first kappa shape index (κ1) is 13.3. The number of ether oxygens (including phenoxy) is 1. The van der Waals surface area contributed by atoms with E-state index in [4.69, 9.17) is 0 Å². The van der Waals surface area contributed by atoms with Crippen LogP contribution in [0.2, 0.25) is 0 Å². The van der Waals surface area contributed by atoms with Gasteiger partial charge in [-0.2, -0.15) is 0 Å². The van der Waals surface area contributed by atoms with Gasteiger partial charge in [-0.1, -0.05) is 6.07 Å². The number of aromatic nitrogens is 1. The van der Waals surface area contributed by atoms with Gasteiger partial charge in [0.15, 0.2) is 0 Å². The third-order valence-electron chi connectivity index (χ3n) is 2.36. The van der Waals surface area contributed by atoms with Gasteiger partial charge in [0.2, 0.25) is 0 Å². The third-order valence-corrected chi connectivity index (χ3v) is 3.26. The highest BCUT2D eigenvalue weighted by Gasteiger charge is 2.36. The third kappa shape index (κ3) is 3.00. The second-order valence-corrected chi connectivity index (χ2v) is 4.59. The Bertz CT molecular complexity index is 556. The van der Waals surface area contributed by atoms with E-state index in [1.165, 1.54) is 13.2 Å². The smallest absolute Gasteiger partial charge is 0.325 e. The molecule has 1 aliphatic heterocycles. The van der Waals surface area contributed by atoms with Crippen LogP contribution in [-0.2, 0) is 14.3 Å². The zero-order valence-electron chi connectivity index (χ0n) is 10.0. The summed E-state index contributed by atoms with van der Waals surface area (Å²) in [6, 6.07) is 5.24. The first-order valence-corrected chi connectivity index (χ1v) is 6.16. The summed E-state index contributed by atoms with van der Waals surface area (Å²) in [6.45, 7) is -0.374. The van der Waals surface area contributed by atoms with Crippen LogP contribution in [0.25, 0.3) is 6.08 Å². The van der Waals surface area contributed by atoms with Crippen LogP contribution in [-0.4, -0.2) is 40.7 Å². The minimum Gasteiger partial charge on any atom is -0.468 e. The topological polar surface area (TPSA) is 76.6 Å². The Morgan fingerprint density at radius 2 is 2.26 bits per heavy atom. The summed E-state index contributed by atoms with van der Waals surface area (Å²) >= 11 is 0.780. The van der Waals surface area contributed by atoms with Crippen molar-refractivity contribution in [2.75, 3.05) is 13.7 Å². The number of hydrogen-bond donors (Lipinski definition) is 0. The highest BCUT2D eigenvalue weighted by Crippen LogP contribution is 2.31. The van der Waals surface area contributed by atoms with Crippen molar-refractivity contribution in [2.45, 2.75) is 0 Å². The fraction of sp³-hybridized carbons (Fsp3) is 0.167. The molecule has 0 unspecified atom stereocenters. The molecule has 1 aromatic rings. The lowest BCUT2D eigenvalue weighted by Gasteiger charge is -2.09. The van der Waals surface area contributed by atoms with E-state index < -0.39 is 17.1 Å². The van der Waals surface area contributed by atoms with E-state index in [0.29, 0.717) is 5.69 Å². The molecule has 0 bridgehead atoms. The average Bonchev–Trinajstić information content (AvgIpc) is 2.67. The van der Waals surface area contributed by atoms with E-state index in [9.17, 15) is 14.4 Å². The molecule has 6 nitrogen and oxygen atoms in total. The van der Waals surface area contributed by atoms with Crippen molar-refractivity contribution in [1.29, 1.82) is 0 Å². The van der Waals surface area contributed by atoms with Crippen molar-refractivity contribution in [1.82, 2.24) is 9.88 Å². The molecular weight excluding hydrogens is 268 g/mol. The molecule has 1 aromatic heterocycles. The molecule has 1 saturated heterocycles. The standard InChI is InChI=1S/C12H10N2O4S/c1-18-10(15)7-14-11(16)9(19-12(14)17)6-8-4-2-3-5-13-8/h2-6H,7H2,1H3/b9-6-. The molecule has 2 heterocycles. The molecule has 0 atom stereocenters. The highest BCUT2D eigenvalue weighted by molar-refractivity contribution is 8.18. The number of imide groups is 1. The number of carbonyl (C=O) groups is 3. The van der Waals surface area contributed by atoms with Gasteiger partial charge in [-0.05, 0) is 30.0 Å². The van der Waals surface area contributed by atoms with Crippen LogP contribution in [0.3, 0.4) is 0 Å². The molecule has 2 rings (SSSR count). The van der Waals surface area contributed by atoms with Crippen LogP contribution in [0.4, 0.5) is 4.79 Å². The second kappa shape index (κ2) is 5.66. The fourth-order valence-corrected chi connectivity index (χ4v) is 2.25. The zero-order valence-corrected chi connectivity index (χ0v) is 10.8. The molecular formula is C12H10N2O4S. The van der Waals surface area contributed by atoms with Gasteiger partial charge in [-0.3, -0.25) is 24.3 Å². The maximum absolute atomic E-state index is 12.0. The average molecular weight is 278 g/mol. The highest BCUT2D eigenvalue weighted by atomic mass is 32.2. The normalized spacial score (nSPS) is 17.1. The Labute approximate surface area is 113 Å². The summed E-state index contributed by atoms with van der Waals surface area (Å²) in [5.41, 5.74) is 0.575. The maximum Gasteiger partial charge on any atom is 0.325 e. The Kier molecular flexibility index (Phi) is 3.96. The van der Waals surface area contributed by atoms with Gasteiger partial charge >= 0.3 is 5.97 Å². The van der Waals surface area contributed by atoms with Crippen LogP contribution in [0.15, 0.2) is 29.3 Å². The number of amides is 2. The van der Waals surface area contributed by atoms with E-state index in [0.717, 1.165) is 16.7 Å². The van der Waals surface area contributed by atoms with Crippen molar-refractivity contribution in [3.8, 4) is 0 Å². The maximum atomic E-state index is 12.0. The van der Waals surface area contributed by atoms with Gasteiger partial charge in [-0.25, -0.2) is 0 Å². The summed E-state index contributed by atoms with van der Waals surface area (Å²) in [5, 5.41) is -0.488. The van der Waals surface area contributed by atoms with Crippen LogP contribution in [0, 0.1) is 0 Å². The number of thioether (sulfide) groups is 1. The molecule has 98 valence electrons. The minimum atomic E-state index is -0.638. The minimum absolute atomic E-state index is 0.243. The molecule has 0 radical (unpaired) electrons. The number of methoxy groups -OCH3 is 1. The molecule has 0 N–H and O–H groups in total. The molecule has 2 amide bonds. The fourth-order valence-electron chi connectivity index (χ4n) is 1.43. The van der Waals surface area contributed by atoms with E-state index >= 15 is 0 Å². The van der Waals surface area contributed by atoms with Crippen molar-refractivity contribution in [3.05, 3.63) is 35.0 Å². The molecule has 0 aliphatic carbocycles. The largest absolute Gasteiger partial charge is 0.468 e. The van der Waals surface area contributed by atoms with Gasteiger partial charge < -0.3 is 4.74 Å². The number of pyridine rings is 1. The molecule has 7 heteroatoms. The first-order chi connectivity index (χ1) is 9.11. The summed E-state index contributed by atoms with van der Waals surface area (Å²) in [5.74, 6) is -1.15. The van der Waals surface area contributed by atoms with Crippen molar-refractivity contribution >= 4 is 35.0 Å². The van der Waals surface area contributed by atoms with Crippen LogP contribution < -0.4 is 0 Å². The van der Waals surface area contributed by atoms with Crippen LogP contribution >= 0.6 is 11.8 Å². The number of nitrogens with zero attached hydrogens (tertiary/aromatic N) is 2. The Balaban J connectivity index is 2.18. The first-order valence-electron chi connectivity index (χ1n) is 5.35. The van der Waals surface area contributed by atoms with Gasteiger partial charge in [0.1, 0.15) is 6.54 Å². The summed E-state index contributed by atoms with van der Waals surface area (Å²) < 4.78 is 4.44. The van der Waals surface area contributed by atoms with Crippen molar-refractivity contribution in [3.63, 3.8) is 0 Å². The van der Waals surface area contributed by atoms with Gasteiger partial charge in [-0.15, -0.1) is 0 Å². The second-order valence-electron chi connectivity index (χ2n) is 3.60. The Morgan fingerprint density at radius 3 is 2.89 bits per heavy atom. The molecule has 19 heavy (non-hydrogen) atoms. The SMILES string of the molecule is COC(=O)CN1C(=O)S/C(=C\c2ccccn2)C1=O. The lowest BCUT2D eigenvalue weighted by molar-refractivity contribution is -0.143. The van der Waals surface area contributed by atoms with Gasteiger partial charge in [0.25, 0.3) is 11.1 Å². The van der Waals surface area contributed by atoms with Crippen LogP contribution in [0.5, 0.6) is 0 Å². The summed E-state index contributed by atoms with van der Waals surface area (Å²) in [6.07, 6.45) is 3.10. The lowest BCUT2D eigenvalue weighted by Crippen LogP contribution is -2.34. The summed E-state index contributed by atoms with van der Waals surface area (Å²) in [7, 11) is 1.20. The Morgan fingerprint density at radius 1 is 1.47 bits per heavy atom. The van der Waals surface area contributed by atoms with Crippen molar-refractivity contribution < 1.29 is 19.1 Å². The number of esters is 1. The van der Waals surface area contributed by atoms with Gasteiger partial charge in [0, 0.05) is 6.20 Å². The van der Waals surface area contributed by atoms with E-state index in [1.54, 1.807) is 24.4 Å². The van der Waals surface area contributed by atoms with Crippen molar-refractivity contribution in [2.24, 2.45) is 0 Å². The number of rotatable bonds is 3. The quantitative estimate of drug-likeness (QED) is 0.612. The molecule has 0 spiro atoms. The number of carbonyl (C=O) groups excluding carboxylic acids is 3. The Hall–Kier alpha value is -2.15. The van der Waals surface area contributed by atoms with E-state index in [2.05, 4.69) is 9.72 Å². The molecule has 1 aliphatic rings. The zero-order chi connectivity index (χ0) is 13.8. The molecule has 1 fully saturated rings. The monoisotopic (exact) mass is 278 g/mol. The van der Waals surface area contributed by atoms with Gasteiger partial charge in [0.05, 0.1) is 17.7 Å². The van der Waals surface area contributed by atoms with Crippen LogP contribution in [0.1, 0.15) is 5.69 Å². The number of hydrogen-bond acceptors (Lipinski definition) is 6. The summed E-state index contributed by atoms with van der Waals surface area (Å²) in [4.78, 5) is 39.8. The molecule has 0 saturated carbocycles. The van der Waals surface area contributed by atoms with E-state index in [1.807, 2.05) is 0 Å². The predicted molar refractivity (Wildman–Crippen MR) is 68.9 cm³/mol. The predicted octanol–water partition coefficient (Wildman–Crippen LogP) is 1.29.